The maximum absolute atomic E-state index is 12.6. The summed E-state index contributed by atoms with van der Waals surface area (Å²) in [5.41, 5.74) is 2.46. The lowest BCUT2D eigenvalue weighted by atomic mass is 10.2. The smallest absolute Gasteiger partial charge is 0.258 e. The van der Waals surface area contributed by atoms with E-state index in [9.17, 15) is 4.79 Å². The summed E-state index contributed by atoms with van der Waals surface area (Å²) in [6, 6.07) is 14.9. The van der Waals surface area contributed by atoms with E-state index in [1.165, 1.54) is 12.4 Å². The Morgan fingerprint density at radius 2 is 1.76 bits per heavy atom. The lowest BCUT2D eigenvalue weighted by Crippen LogP contribution is -2.13. The van der Waals surface area contributed by atoms with Crippen molar-refractivity contribution in [1.82, 2.24) is 15.0 Å². The van der Waals surface area contributed by atoms with Gasteiger partial charge in [-0.05, 0) is 24.3 Å². The van der Waals surface area contributed by atoms with Crippen molar-refractivity contribution in [3.63, 3.8) is 0 Å². The Bertz CT molecular complexity index is 1210. The van der Waals surface area contributed by atoms with E-state index in [1.54, 1.807) is 12.3 Å². The molecule has 4 aromatic rings. The highest BCUT2D eigenvalue weighted by Crippen LogP contribution is 2.34. The number of carbonyl (C=O) groups excluding carboxylic acids is 1. The van der Waals surface area contributed by atoms with Crippen LogP contribution in [0.2, 0.25) is 0 Å². The summed E-state index contributed by atoms with van der Waals surface area (Å²) in [4.78, 5) is 25.4. The fourth-order valence-electron chi connectivity index (χ4n) is 3.01. The maximum atomic E-state index is 12.6. The van der Waals surface area contributed by atoms with Crippen molar-refractivity contribution in [3.05, 3.63) is 72.7 Å². The Labute approximate surface area is 165 Å². The van der Waals surface area contributed by atoms with Gasteiger partial charge in [-0.3, -0.25) is 9.78 Å². The van der Waals surface area contributed by atoms with E-state index in [-0.39, 0.29) is 12.7 Å². The van der Waals surface area contributed by atoms with Gasteiger partial charge in [0.1, 0.15) is 0 Å². The van der Waals surface area contributed by atoms with Crippen LogP contribution in [0, 0.1) is 0 Å². The standard InChI is InChI=1S/C21H15N5O3/c27-20(26-16-5-1-3-13-4-2-8-22-19(13)16)14-10-23-21(24-11-14)25-15-6-7-17-18(9-15)29-12-28-17/h1-11H,12H2,(H,26,27)(H,23,24,25). The molecule has 2 N–H and O–H groups in total. The molecule has 1 aliphatic rings. The first kappa shape index (κ1) is 16.9. The second-order valence-corrected chi connectivity index (χ2v) is 6.32. The number of aromatic nitrogens is 3. The van der Waals surface area contributed by atoms with E-state index >= 15 is 0 Å². The third-order valence-corrected chi connectivity index (χ3v) is 4.42. The van der Waals surface area contributed by atoms with Gasteiger partial charge in [-0.15, -0.1) is 0 Å². The largest absolute Gasteiger partial charge is 0.454 e. The molecule has 0 bridgehead atoms. The van der Waals surface area contributed by atoms with Gasteiger partial charge in [-0.1, -0.05) is 18.2 Å². The molecule has 0 aliphatic carbocycles. The van der Waals surface area contributed by atoms with Crippen LogP contribution in [0.5, 0.6) is 11.5 Å². The average molecular weight is 385 g/mol. The number of anilines is 3. The van der Waals surface area contributed by atoms with E-state index in [0.717, 1.165) is 16.6 Å². The van der Waals surface area contributed by atoms with E-state index in [4.69, 9.17) is 9.47 Å². The number of nitrogens with one attached hydrogen (secondary N) is 2. The molecule has 142 valence electrons. The Kier molecular flexibility index (Phi) is 4.14. The van der Waals surface area contributed by atoms with E-state index < -0.39 is 0 Å². The molecular weight excluding hydrogens is 370 g/mol. The van der Waals surface area contributed by atoms with Gasteiger partial charge in [0.25, 0.3) is 5.91 Å². The summed E-state index contributed by atoms with van der Waals surface area (Å²) in [6.07, 6.45) is 4.63. The van der Waals surface area contributed by atoms with E-state index in [0.29, 0.717) is 28.7 Å². The first-order valence-corrected chi connectivity index (χ1v) is 8.90. The third-order valence-electron chi connectivity index (χ3n) is 4.42. The first-order chi connectivity index (χ1) is 14.3. The molecule has 0 unspecified atom stereocenters. The van der Waals surface area contributed by atoms with Crippen molar-refractivity contribution < 1.29 is 14.3 Å². The molecule has 8 nitrogen and oxygen atoms in total. The van der Waals surface area contributed by atoms with E-state index in [1.807, 2.05) is 42.5 Å². The highest BCUT2D eigenvalue weighted by Gasteiger charge is 2.14. The maximum Gasteiger partial charge on any atom is 0.258 e. The molecule has 2 aromatic heterocycles. The van der Waals surface area contributed by atoms with Crippen LogP contribution in [0.1, 0.15) is 10.4 Å². The minimum atomic E-state index is -0.308. The fourth-order valence-corrected chi connectivity index (χ4v) is 3.01. The molecule has 0 saturated heterocycles. The normalized spacial score (nSPS) is 12.0. The van der Waals surface area contributed by atoms with Crippen LogP contribution < -0.4 is 20.1 Å². The van der Waals surface area contributed by atoms with Crippen LogP contribution in [-0.2, 0) is 0 Å². The van der Waals surface area contributed by atoms with Crippen molar-refractivity contribution in [3.8, 4) is 11.5 Å². The molecule has 0 fully saturated rings. The molecule has 1 amide bonds. The van der Waals surface area contributed by atoms with Crippen LogP contribution in [0.25, 0.3) is 10.9 Å². The summed E-state index contributed by atoms with van der Waals surface area (Å²) in [5, 5.41) is 6.89. The minimum Gasteiger partial charge on any atom is -0.454 e. The zero-order valence-corrected chi connectivity index (χ0v) is 15.1. The van der Waals surface area contributed by atoms with Crippen LogP contribution in [0.15, 0.2) is 67.1 Å². The van der Waals surface area contributed by atoms with Crippen LogP contribution >= 0.6 is 0 Å². The Balaban J connectivity index is 1.31. The zero-order chi connectivity index (χ0) is 19.6. The Hall–Kier alpha value is -4.20. The van der Waals surface area contributed by atoms with Gasteiger partial charge < -0.3 is 20.1 Å². The number of para-hydroxylation sites is 1. The van der Waals surface area contributed by atoms with Gasteiger partial charge in [0.05, 0.1) is 16.8 Å². The molecule has 0 spiro atoms. The van der Waals surface area contributed by atoms with Crippen molar-refractivity contribution in [1.29, 1.82) is 0 Å². The van der Waals surface area contributed by atoms with Crippen LogP contribution in [0.3, 0.4) is 0 Å². The summed E-state index contributed by atoms with van der Waals surface area (Å²) < 4.78 is 10.6. The number of rotatable bonds is 4. The molecular formula is C21H15N5O3. The molecule has 0 atom stereocenters. The Morgan fingerprint density at radius 3 is 2.66 bits per heavy atom. The second kappa shape index (κ2) is 7.08. The number of hydrogen-bond donors (Lipinski definition) is 2. The molecule has 1 aliphatic heterocycles. The van der Waals surface area contributed by atoms with Gasteiger partial charge >= 0.3 is 0 Å². The predicted octanol–water partition coefficient (Wildman–Crippen LogP) is 3.75. The quantitative estimate of drug-likeness (QED) is 0.552. The number of amides is 1. The van der Waals surface area contributed by atoms with Crippen LogP contribution in [0.4, 0.5) is 17.3 Å². The number of nitrogens with zero attached hydrogens (tertiary/aromatic N) is 3. The van der Waals surface area contributed by atoms with Crippen molar-refractivity contribution in [2.45, 2.75) is 0 Å². The molecule has 5 rings (SSSR count). The molecule has 0 saturated carbocycles. The van der Waals surface area contributed by atoms with Gasteiger partial charge in [0, 0.05) is 35.7 Å². The SMILES string of the molecule is O=C(Nc1cccc2cccnc12)c1cnc(Nc2ccc3c(c2)OCO3)nc1. The van der Waals surface area contributed by atoms with Crippen molar-refractivity contribution in [2.24, 2.45) is 0 Å². The molecule has 29 heavy (non-hydrogen) atoms. The lowest BCUT2D eigenvalue weighted by molar-refractivity contribution is 0.102. The van der Waals surface area contributed by atoms with E-state index in [2.05, 4.69) is 25.6 Å². The second-order valence-electron chi connectivity index (χ2n) is 6.32. The molecule has 0 radical (unpaired) electrons. The number of benzene rings is 2. The highest BCUT2D eigenvalue weighted by atomic mass is 16.7. The molecule has 3 heterocycles. The Morgan fingerprint density at radius 1 is 0.931 bits per heavy atom. The first-order valence-electron chi connectivity index (χ1n) is 8.90. The molecule has 8 heteroatoms. The third kappa shape index (κ3) is 3.39. The van der Waals surface area contributed by atoms with Gasteiger partial charge in [-0.25, -0.2) is 9.97 Å². The summed E-state index contributed by atoms with van der Waals surface area (Å²) in [6.45, 7) is 0.214. The topological polar surface area (TPSA) is 98.3 Å². The zero-order valence-electron chi connectivity index (χ0n) is 15.1. The lowest BCUT2D eigenvalue weighted by Gasteiger charge is -2.09. The number of hydrogen-bond acceptors (Lipinski definition) is 7. The minimum absolute atomic E-state index is 0.214. The van der Waals surface area contributed by atoms with Crippen LogP contribution in [-0.4, -0.2) is 27.7 Å². The fraction of sp³-hybridized carbons (Fsp3) is 0.0476. The number of carbonyl (C=O) groups is 1. The number of ether oxygens (including phenoxy) is 2. The molecule has 2 aromatic carbocycles. The monoisotopic (exact) mass is 385 g/mol. The van der Waals surface area contributed by atoms with Gasteiger partial charge in [0.2, 0.25) is 12.7 Å². The van der Waals surface area contributed by atoms with Crippen molar-refractivity contribution in [2.75, 3.05) is 17.4 Å². The van der Waals surface area contributed by atoms with Gasteiger partial charge in [0.15, 0.2) is 11.5 Å². The number of fused-ring (bicyclic) bond motifs is 2. The summed E-state index contributed by atoms with van der Waals surface area (Å²) >= 11 is 0. The number of pyridine rings is 1. The van der Waals surface area contributed by atoms with Gasteiger partial charge in [-0.2, -0.15) is 0 Å². The highest BCUT2D eigenvalue weighted by molar-refractivity contribution is 6.08. The average Bonchev–Trinajstić information content (AvgIpc) is 3.22. The predicted molar refractivity (Wildman–Crippen MR) is 108 cm³/mol. The summed E-state index contributed by atoms with van der Waals surface area (Å²) in [5.74, 6) is 1.42. The summed E-state index contributed by atoms with van der Waals surface area (Å²) in [7, 11) is 0. The van der Waals surface area contributed by atoms with Crippen molar-refractivity contribution >= 4 is 34.1 Å².